The number of aryl methyl sites for hydroxylation is 1. The second kappa shape index (κ2) is 11.5. The lowest BCUT2D eigenvalue weighted by Crippen LogP contribution is -2.27. The number of aromatic nitrogens is 2. The number of pyridine rings is 2. The van der Waals surface area contributed by atoms with E-state index in [-0.39, 0.29) is 24.0 Å². The summed E-state index contributed by atoms with van der Waals surface area (Å²) >= 11 is 0. The van der Waals surface area contributed by atoms with Gasteiger partial charge in [0.05, 0.1) is 16.9 Å². The van der Waals surface area contributed by atoms with Crippen LogP contribution in [0, 0.1) is 18.6 Å². The highest BCUT2D eigenvalue weighted by molar-refractivity contribution is 7.92. The number of carbonyl (C=O) groups is 2. The second-order valence-electron chi connectivity index (χ2n) is 10.2. The summed E-state index contributed by atoms with van der Waals surface area (Å²) in [7, 11) is -4.37. The number of amides is 1. The Labute approximate surface area is 251 Å². The van der Waals surface area contributed by atoms with Gasteiger partial charge in [0.25, 0.3) is 15.9 Å². The summed E-state index contributed by atoms with van der Waals surface area (Å²) in [6.45, 7) is 1.61. The SMILES string of the molecule is Cc1ncc(-c2ccc3nccc(-c4ccc(NC(=O)[C@@H]5CCC(=O)O5)cc4)c3c2)cc1NS(=O)(=O)c1ccc(F)cc1F. The van der Waals surface area contributed by atoms with Crippen LogP contribution >= 0.6 is 0 Å². The minimum Gasteiger partial charge on any atom is -0.452 e. The number of benzene rings is 3. The van der Waals surface area contributed by atoms with Crippen molar-refractivity contribution in [3.63, 3.8) is 0 Å². The number of hydrogen-bond donors (Lipinski definition) is 2. The third kappa shape index (κ3) is 5.84. The fourth-order valence-electron chi connectivity index (χ4n) is 4.93. The average Bonchev–Trinajstić information content (AvgIpc) is 3.44. The summed E-state index contributed by atoms with van der Waals surface area (Å²) in [5.41, 5.74) is 4.83. The zero-order chi connectivity index (χ0) is 31.0. The van der Waals surface area contributed by atoms with E-state index in [1.807, 2.05) is 36.4 Å². The maximum atomic E-state index is 14.3. The number of carbonyl (C=O) groups excluding carboxylic acids is 2. The van der Waals surface area contributed by atoms with Gasteiger partial charge < -0.3 is 10.1 Å². The van der Waals surface area contributed by atoms with Crippen LogP contribution in [0.1, 0.15) is 18.5 Å². The van der Waals surface area contributed by atoms with Crippen molar-refractivity contribution in [2.45, 2.75) is 30.8 Å². The van der Waals surface area contributed by atoms with E-state index in [1.165, 1.54) is 0 Å². The Hall–Kier alpha value is -5.23. The summed E-state index contributed by atoms with van der Waals surface area (Å²) in [5, 5.41) is 3.59. The van der Waals surface area contributed by atoms with Crippen molar-refractivity contribution < 1.29 is 31.5 Å². The van der Waals surface area contributed by atoms with Crippen LogP contribution in [0.25, 0.3) is 33.2 Å². The van der Waals surface area contributed by atoms with Crippen LogP contribution in [0.3, 0.4) is 0 Å². The lowest BCUT2D eigenvalue weighted by molar-refractivity contribution is -0.146. The third-order valence-electron chi connectivity index (χ3n) is 7.23. The van der Waals surface area contributed by atoms with Crippen molar-refractivity contribution in [1.29, 1.82) is 0 Å². The van der Waals surface area contributed by atoms with Gasteiger partial charge in [-0.15, -0.1) is 0 Å². The van der Waals surface area contributed by atoms with E-state index < -0.39 is 32.7 Å². The van der Waals surface area contributed by atoms with Gasteiger partial charge in [-0.05, 0) is 72.1 Å². The van der Waals surface area contributed by atoms with Gasteiger partial charge in [-0.1, -0.05) is 18.2 Å². The van der Waals surface area contributed by atoms with E-state index in [0.717, 1.165) is 39.7 Å². The molecule has 6 rings (SSSR count). The molecule has 1 atom stereocenters. The van der Waals surface area contributed by atoms with Gasteiger partial charge in [-0.3, -0.25) is 24.3 Å². The van der Waals surface area contributed by atoms with Crippen LogP contribution in [0.15, 0.2) is 90.1 Å². The van der Waals surface area contributed by atoms with Crippen molar-refractivity contribution in [2.24, 2.45) is 0 Å². The molecule has 0 spiro atoms. The molecule has 1 amide bonds. The monoisotopic (exact) mass is 614 g/mol. The number of cyclic esters (lactones) is 1. The molecule has 0 unspecified atom stereocenters. The molecule has 2 aromatic heterocycles. The predicted molar refractivity (Wildman–Crippen MR) is 160 cm³/mol. The topological polar surface area (TPSA) is 127 Å². The molecule has 3 aromatic carbocycles. The van der Waals surface area contributed by atoms with Gasteiger partial charge in [0, 0.05) is 47.9 Å². The van der Waals surface area contributed by atoms with Gasteiger partial charge in [0.15, 0.2) is 6.10 Å². The summed E-state index contributed by atoms with van der Waals surface area (Å²) in [4.78, 5) is 31.9. The summed E-state index contributed by atoms with van der Waals surface area (Å²) in [6, 6.07) is 18.5. The van der Waals surface area contributed by atoms with Crippen molar-refractivity contribution in [1.82, 2.24) is 9.97 Å². The Bertz CT molecular complexity index is 2050. The lowest BCUT2D eigenvalue weighted by atomic mass is 9.97. The van der Waals surface area contributed by atoms with E-state index in [2.05, 4.69) is 20.0 Å². The zero-order valence-electron chi connectivity index (χ0n) is 23.2. The van der Waals surface area contributed by atoms with Crippen LogP contribution in [0.5, 0.6) is 0 Å². The summed E-state index contributed by atoms with van der Waals surface area (Å²) in [6.07, 6.45) is 3.07. The third-order valence-corrected chi connectivity index (χ3v) is 8.63. The van der Waals surface area contributed by atoms with Crippen LogP contribution in [0.4, 0.5) is 20.2 Å². The van der Waals surface area contributed by atoms with E-state index >= 15 is 0 Å². The quantitative estimate of drug-likeness (QED) is 0.216. The predicted octanol–water partition coefficient (Wildman–Crippen LogP) is 6.00. The first-order valence-corrected chi connectivity index (χ1v) is 15.0. The number of anilines is 2. The normalized spacial score (nSPS) is 14.8. The molecule has 0 saturated carbocycles. The summed E-state index contributed by atoms with van der Waals surface area (Å²) in [5.74, 6) is -2.85. The minimum atomic E-state index is -4.37. The number of sulfonamides is 1. The number of rotatable bonds is 7. The molecule has 222 valence electrons. The Morgan fingerprint density at radius 3 is 2.43 bits per heavy atom. The molecule has 12 heteroatoms. The summed E-state index contributed by atoms with van der Waals surface area (Å²) < 4.78 is 60.8. The molecule has 0 bridgehead atoms. The number of hydrogen-bond acceptors (Lipinski definition) is 7. The second-order valence-corrected chi connectivity index (χ2v) is 11.9. The molecule has 1 saturated heterocycles. The maximum Gasteiger partial charge on any atom is 0.306 e. The fourth-order valence-corrected chi connectivity index (χ4v) is 6.10. The number of fused-ring (bicyclic) bond motifs is 1. The first-order chi connectivity index (χ1) is 21.1. The van der Waals surface area contributed by atoms with Gasteiger partial charge in [-0.25, -0.2) is 17.2 Å². The van der Waals surface area contributed by atoms with E-state index in [1.54, 1.807) is 37.5 Å². The number of nitrogens with zero attached hydrogens (tertiary/aromatic N) is 2. The van der Waals surface area contributed by atoms with Crippen molar-refractivity contribution in [3.8, 4) is 22.3 Å². The number of esters is 1. The molecular formula is C32H24F2N4O5S. The fraction of sp³-hybridized carbons (Fsp3) is 0.125. The Balaban J connectivity index is 1.29. The van der Waals surface area contributed by atoms with Gasteiger partial charge in [0.2, 0.25) is 0 Å². The molecule has 1 aliphatic rings. The molecule has 5 aromatic rings. The maximum absolute atomic E-state index is 14.3. The number of ether oxygens (including phenoxy) is 1. The highest BCUT2D eigenvalue weighted by Gasteiger charge is 2.29. The Morgan fingerprint density at radius 1 is 0.932 bits per heavy atom. The minimum absolute atomic E-state index is 0.141. The molecule has 44 heavy (non-hydrogen) atoms. The van der Waals surface area contributed by atoms with E-state index in [9.17, 15) is 26.8 Å². The molecule has 9 nitrogen and oxygen atoms in total. The molecule has 1 aliphatic heterocycles. The van der Waals surface area contributed by atoms with Gasteiger partial charge >= 0.3 is 5.97 Å². The van der Waals surface area contributed by atoms with Crippen molar-refractivity contribution in [3.05, 3.63) is 103 Å². The molecule has 0 radical (unpaired) electrons. The number of nitrogens with one attached hydrogen (secondary N) is 2. The number of halogens is 2. The molecular weight excluding hydrogens is 590 g/mol. The largest absolute Gasteiger partial charge is 0.452 e. The molecule has 2 N–H and O–H groups in total. The van der Waals surface area contributed by atoms with Crippen LogP contribution < -0.4 is 10.0 Å². The Morgan fingerprint density at radius 2 is 1.70 bits per heavy atom. The van der Waals surface area contributed by atoms with E-state index in [0.29, 0.717) is 29.4 Å². The Kier molecular flexibility index (Phi) is 7.52. The first-order valence-electron chi connectivity index (χ1n) is 13.5. The zero-order valence-corrected chi connectivity index (χ0v) is 24.0. The van der Waals surface area contributed by atoms with Crippen LogP contribution in [-0.2, 0) is 24.3 Å². The van der Waals surface area contributed by atoms with Gasteiger partial charge in [-0.2, -0.15) is 0 Å². The van der Waals surface area contributed by atoms with Gasteiger partial charge in [0.1, 0.15) is 16.5 Å². The molecule has 1 fully saturated rings. The van der Waals surface area contributed by atoms with E-state index in [4.69, 9.17) is 4.74 Å². The lowest BCUT2D eigenvalue weighted by Gasteiger charge is -2.14. The van der Waals surface area contributed by atoms with Crippen molar-refractivity contribution >= 4 is 44.2 Å². The molecule has 0 aliphatic carbocycles. The first kappa shape index (κ1) is 28.9. The standard InChI is InChI=1S/C32H24F2N4O5S/c1-18-28(38-44(41,42)30-10-5-22(33)16-26(30)34)15-21(17-36-18)20-4-8-27-25(14-20)24(12-13-35-27)19-2-6-23(7-3-19)37-32(40)29-9-11-31(39)43-29/h2-8,10,12-17,29,38H,9,11H2,1H3,(H,37,40)/t29-/m0/s1. The highest BCUT2D eigenvalue weighted by atomic mass is 32.2. The smallest absolute Gasteiger partial charge is 0.306 e. The highest BCUT2D eigenvalue weighted by Crippen LogP contribution is 2.33. The van der Waals surface area contributed by atoms with Crippen molar-refractivity contribution in [2.75, 3.05) is 10.0 Å². The average molecular weight is 615 g/mol. The van der Waals surface area contributed by atoms with Crippen LogP contribution in [-0.4, -0.2) is 36.4 Å². The molecule has 3 heterocycles. The van der Waals surface area contributed by atoms with Crippen LogP contribution in [0.2, 0.25) is 0 Å².